The van der Waals surface area contributed by atoms with Crippen LogP contribution in [0, 0.1) is 5.92 Å². The standard InChI is InChI=1S/C12H26N2O/c1-10(2)5-6-11(14-13)9-12(15-3)7-4-8-12/h10-11,14H,4-9,13H2,1-3H3. The van der Waals surface area contributed by atoms with Crippen LogP contribution < -0.4 is 11.3 Å². The summed E-state index contributed by atoms with van der Waals surface area (Å²) in [6.45, 7) is 4.51. The lowest BCUT2D eigenvalue weighted by atomic mass is 9.75. The lowest BCUT2D eigenvalue weighted by molar-refractivity contribution is -0.0841. The van der Waals surface area contributed by atoms with Gasteiger partial charge in [0, 0.05) is 13.2 Å². The second-order valence-electron chi connectivity index (χ2n) is 5.28. The van der Waals surface area contributed by atoms with Crippen molar-refractivity contribution in [3.8, 4) is 0 Å². The molecule has 90 valence electrons. The molecular weight excluding hydrogens is 188 g/mol. The zero-order valence-corrected chi connectivity index (χ0v) is 10.4. The van der Waals surface area contributed by atoms with Crippen LogP contribution in [0.25, 0.3) is 0 Å². The van der Waals surface area contributed by atoms with Crippen LogP contribution in [0.3, 0.4) is 0 Å². The average Bonchev–Trinajstić information content (AvgIpc) is 2.16. The van der Waals surface area contributed by atoms with Crippen LogP contribution in [0.15, 0.2) is 0 Å². The molecule has 3 heteroatoms. The van der Waals surface area contributed by atoms with E-state index in [0.29, 0.717) is 6.04 Å². The number of nitrogens with one attached hydrogen (secondary N) is 1. The van der Waals surface area contributed by atoms with Gasteiger partial charge in [-0.3, -0.25) is 11.3 Å². The molecule has 1 aliphatic rings. The van der Waals surface area contributed by atoms with Crippen molar-refractivity contribution < 1.29 is 4.74 Å². The summed E-state index contributed by atoms with van der Waals surface area (Å²) >= 11 is 0. The highest BCUT2D eigenvalue weighted by atomic mass is 16.5. The van der Waals surface area contributed by atoms with Crippen LogP contribution in [-0.2, 0) is 4.74 Å². The molecule has 0 aromatic heterocycles. The quantitative estimate of drug-likeness (QED) is 0.504. The average molecular weight is 214 g/mol. The third-order valence-corrected chi connectivity index (χ3v) is 3.64. The first-order valence-electron chi connectivity index (χ1n) is 6.13. The fraction of sp³-hybridized carbons (Fsp3) is 1.00. The second kappa shape index (κ2) is 5.83. The SMILES string of the molecule is COC1(CC(CCC(C)C)NN)CCC1. The molecule has 0 amide bonds. The molecule has 0 spiro atoms. The van der Waals surface area contributed by atoms with E-state index >= 15 is 0 Å². The Morgan fingerprint density at radius 2 is 2.00 bits per heavy atom. The molecule has 0 saturated heterocycles. The van der Waals surface area contributed by atoms with Gasteiger partial charge in [-0.25, -0.2) is 0 Å². The van der Waals surface area contributed by atoms with Gasteiger partial charge >= 0.3 is 0 Å². The molecule has 0 bridgehead atoms. The van der Waals surface area contributed by atoms with Gasteiger partial charge in [-0.05, 0) is 44.4 Å². The number of hydrazine groups is 1. The minimum absolute atomic E-state index is 0.133. The Balaban J connectivity index is 2.31. The summed E-state index contributed by atoms with van der Waals surface area (Å²) in [7, 11) is 1.83. The van der Waals surface area contributed by atoms with Gasteiger partial charge < -0.3 is 4.74 Å². The van der Waals surface area contributed by atoms with Crippen LogP contribution in [0.5, 0.6) is 0 Å². The van der Waals surface area contributed by atoms with Gasteiger partial charge in [-0.15, -0.1) is 0 Å². The molecule has 3 nitrogen and oxygen atoms in total. The third-order valence-electron chi connectivity index (χ3n) is 3.64. The first-order chi connectivity index (χ1) is 7.12. The molecule has 1 atom stereocenters. The Kier molecular flexibility index (Phi) is 5.03. The van der Waals surface area contributed by atoms with Gasteiger partial charge in [0.2, 0.25) is 0 Å². The normalized spacial score (nSPS) is 21.4. The van der Waals surface area contributed by atoms with Gasteiger partial charge in [-0.2, -0.15) is 0 Å². The number of ether oxygens (including phenoxy) is 1. The van der Waals surface area contributed by atoms with Crippen LogP contribution >= 0.6 is 0 Å². The Labute approximate surface area is 93.7 Å². The molecule has 3 N–H and O–H groups in total. The van der Waals surface area contributed by atoms with Crippen LogP contribution in [0.4, 0.5) is 0 Å². The largest absolute Gasteiger partial charge is 0.378 e. The van der Waals surface area contributed by atoms with E-state index in [0.717, 1.165) is 18.8 Å². The summed E-state index contributed by atoms with van der Waals surface area (Å²) in [5.74, 6) is 6.34. The molecule has 1 unspecified atom stereocenters. The maximum Gasteiger partial charge on any atom is 0.0694 e. The van der Waals surface area contributed by atoms with E-state index in [1.54, 1.807) is 0 Å². The number of methoxy groups -OCH3 is 1. The summed E-state index contributed by atoms with van der Waals surface area (Å²) in [6.07, 6.45) is 7.14. The minimum atomic E-state index is 0.133. The molecule has 1 fully saturated rings. The van der Waals surface area contributed by atoms with E-state index in [1.165, 1.54) is 25.7 Å². The van der Waals surface area contributed by atoms with E-state index in [9.17, 15) is 0 Å². The van der Waals surface area contributed by atoms with Gasteiger partial charge in [0.25, 0.3) is 0 Å². The molecular formula is C12H26N2O. The fourth-order valence-electron chi connectivity index (χ4n) is 2.29. The fourth-order valence-corrected chi connectivity index (χ4v) is 2.29. The Bertz CT molecular complexity index is 173. The zero-order chi connectivity index (χ0) is 11.3. The molecule has 1 aliphatic carbocycles. The molecule has 1 saturated carbocycles. The summed E-state index contributed by atoms with van der Waals surface area (Å²) in [5.41, 5.74) is 3.07. The third kappa shape index (κ3) is 3.74. The Morgan fingerprint density at radius 1 is 1.33 bits per heavy atom. The molecule has 0 heterocycles. The summed E-state index contributed by atoms with van der Waals surface area (Å²) in [4.78, 5) is 0. The van der Waals surface area contributed by atoms with Gasteiger partial charge in [0.05, 0.1) is 5.60 Å². The highest BCUT2D eigenvalue weighted by Crippen LogP contribution is 2.39. The number of hydrogen-bond acceptors (Lipinski definition) is 3. The maximum absolute atomic E-state index is 5.62. The van der Waals surface area contributed by atoms with Crippen LogP contribution in [0.1, 0.15) is 52.4 Å². The van der Waals surface area contributed by atoms with Crippen molar-refractivity contribution >= 4 is 0 Å². The highest BCUT2D eigenvalue weighted by molar-refractivity contribution is 4.92. The number of hydrogen-bond donors (Lipinski definition) is 2. The molecule has 0 radical (unpaired) electrons. The smallest absolute Gasteiger partial charge is 0.0694 e. The first kappa shape index (κ1) is 12.9. The van der Waals surface area contributed by atoms with Gasteiger partial charge in [0.15, 0.2) is 0 Å². The van der Waals surface area contributed by atoms with Crippen molar-refractivity contribution in [2.24, 2.45) is 11.8 Å². The second-order valence-corrected chi connectivity index (χ2v) is 5.28. The predicted octanol–water partition coefficient (Wildman–Crippen LogP) is 2.21. The van der Waals surface area contributed by atoms with Crippen molar-refractivity contribution in [2.75, 3.05) is 7.11 Å². The van der Waals surface area contributed by atoms with E-state index < -0.39 is 0 Å². The summed E-state index contributed by atoms with van der Waals surface area (Å²) < 4.78 is 5.62. The lowest BCUT2D eigenvalue weighted by Gasteiger charge is -2.42. The van der Waals surface area contributed by atoms with E-state index in [1.807, 2.05) is 7.11 Å². The number of nitrogens with two attached hydrogens (primary N) is 1. The van der Waals surface area contributed by atoms with Crippen LogP contribution in [0.2, 0.25) is 0 Å². The van der Waals surface area contributed by atoms with Crippen LogP contribution in [-0.4, -0.2) is 18.8 Å². The maximum atomic E-state index is 5.62. The minimum Gasteiger partial charge on any atom is -0.378 e. The first-order valence-corrected chi connectivity index (χ1v) is 6.13. The predicted molar refractivity (Wildman–Crippen MR) is 63.4 cm³/mol. The molecule has 0 aromatic carbocycles. The Morgan fingerprint density at radius 3 is 2.33 bits per heavy atom. The Hall–Kier alpha value is -0.120. The van der Waals surface area contributed by atoms with E-state index in [4.69, 9.17) is 10.6 Å². The van der Waals surface area contributed by atoms with Crippen molar-refractivity contribution in [2.45, 2.75) is 64.0 Å². The monoisotopic (exact) mass is 214 g/mol. The molecule has 0 aliphatic heterocycles. The molecule has 15 heavy (non-hydrogen) atoms. The van der Waals surface area contributed by atoms with Crippen molar-refractivity contribution in [3.05, 3.63) is 0 Å². The van der Waals surface area contributed by atoms with Crippen molar-refractivity contribution in [1.82, 2.24) is 5.43 Å². The van der Waals surface area contributed by atoms with Gasteiger partial charge in [-0.1, -0.05) is 13.8 Å². The zero-order valence-electron chi connectivity index (χ0n) is 10.4. The van der Waals surface area contributed by atoms with Gasteiger partial charge in [0.1, 0.15) is 0 Å². The van der Waals surface area contributed by atoms with E-state index in [-0.39, 0.29) is 5.60 Å². The summed E-state index contributed by atoms with van der Waals surface area (Å²) in [6, 6.07) is 0.410. The topological polar surface area (TPSA) is 47.3 Å². The van der Waals surface area contributed by atoms with E-state index in [2.05, 4.69) is 19.3 Å². The van der Waals surface area contributed by atoms with Crippen molar-refractivity contribution in [3.63, 3.8) is 0 Å². The highest BCUT2D eigenvalue weighted by Gasteiger charge is 2.38. The summed E-state index contributed by atoms with van der Waals surface area (Å²) in [5, 5.41) is 0. The number of rotatable bonds is 7. The van der Waals surface area contributed by atoms with Crippen molar-refractivity contribution in [1.29, 1.82) is 0 Å². The molecule has 1 rings (SSSR count). The molecule has 0 aromatic rings. The lowest BCUT2D eigenvalue weighted by Crippen LogP contribution is -2.47.